The van der Waals surface area contributed by atoms with E-state index in [0.29, 0.717) is 12.0 Å². The van der Waals surface area contributed by atoms with Gasteiger partial charge < -0.3 is 4.55 Å². The smallest absolute Gasteiger partial charge is 0.744 e. The molecule has 1 aromatic rings. The van der Waals surface area contributed by atoms with Crippen molar-refractivity contribution in [2.24, 2.45) is 0 Å². The van der Waals surface area contributed by atoms with Crippen molar-refractivity contribution < 1.29 is 32.4 Å². The van der Waals surface area contributed by atoms with Crippen LogP contribution in [-0.4, -0.2) is 13.0 Å². The molecule has 3 nitrogen and oxygen atoms in total. The number of hydrogen-bond acceptors (Lipinski definition) is 3. The van der Waals surface area contributed by atoms with Gasteiger partial charge in [-0.25, -0.2) is 8.42 Å². The molecule has 0 aromatic heterocycles. The van der Waals surface area contributed by atoms with Gasteiger partial charge in [-0.05, 0) is 18.1 Å². The predicted molar refractivity (Wildman–Crippen MR) is 43.8 cm³/mol. The van der Waals surface area contributed by atoms with Crippen molar-refractivity contribution in [3.63, 3.8) is 0 Å². The van der Waals surface area contributed by atoms with Gasteiger partial charge in [0.05, 0.1) is 4.90 Å². The molecule has 0 amide bonds. The van der Waals surface area contributed by atoms with Gasteiger partial charge in [-0.1, -0.05) is 25.1 Å². The van der Waals surface area contributed by atoms with Crippen LogP contribution in [0.25, 0.3) is 0 Å². The second-order valence-electron chi connectivity index (χ2n) is 2.42. The van der Waals surface area contributed by atoms with Gasteiger partial charge in [0.1, 0.15) is 10.1 Å². The van der Waals surface area contributed by atoms with E-state index in [1.165, 1.54) is 6.07 Å². The average Bonchev–Trinajstić information content (AvgIpc) is 2.03. The van der Waals surface area contributed by atoms with Gasteiger partial charge in [0.15, 0.2) is 0 Å². The summed E-state index contributed by atoms with van der Waals surface area (Å²) in [5, 5.41) is 0. The second-order valence-corrected chi connectivity index (χ2v) is 3.76. The Bertz CT molecular complexity index is 373. The van der Waals surface area contributed by atoms with E-state index >= 15 is 0 Å². The summed E-state index contributed by atoms with van der Waals surface area (Å²) >= 11 is 0. The SMILES string of the molecule is CCc1ccccc1S(=O)(=O)[O-].[Zn+2]. The quantitative estimate of drug-likeness (QED) is 0.584. The van der Waals surface area contributed by atoms with E-state index in [1.54, 1.807) is 18.2 Å². The summed E-state index contributed by atoms with van der Waals surface area (Å²) < 4.78 is 32.0. The van der Waals surface area contributed by atoms with Gasteiger partial charge in [-0.3, -0.25) is 0 Å². The van der Waals surface area contributed by atoms with Crippen LogP contribution in [0.5, 0.6) is 0 Å². The van der Waals surface area contributed by atoms with Gasteiger partial charge in [-0.15, -0.1) is 0 Å². The van der Waals surface area contributed by atoms with Crippen molar-refractivity contribution in [3.05, 3.63) is 29.8 Å². The Balaban J connectivity index is 0.00000144. The number of aryl methyl sites for hydroxylation is 1. The van der Waals surface area contributed by atoms with Crippen molar-refractivity contribution >= 4 is 10.1 Å². The normalized spacial score (nSPS) is 10.6. The Morgan fingerprint density at radius 2 is 1.85 bits per heavy atom. The van der Waals surface area contributed by atoms with Crippen molar-refractivity contribution in [1.82, 2.24) is 0 Å². The minimum Gasteiger partial charge on any atom is -0.744 e. The van der Waals surface area contributed by atoms with Crippen molar-refractivity contribution in [2.45, 2.75) is 18.2 Å². The Kier molecular flexibility index (Phi) is 4.75. The summed E-state index contributed by atoms with van der Waals surface area (Å²) in [5.41, 5.74) is 0.576. The van der Waals surface area contributed by atoms with E-state index < -0.39 is 10.1 Å². The number of benzene rings is 1. The zero-order chi connectivity index (χ0) is 9.19. The first-order valence-corrected chi connectivity index (χ1v) is 5.00. The Hall–Kier alpha value is -0.247. The maximum atomic E-state index is 10.7. The molecule has 0 aliphatic rings. The molecular formula is C8H9O3SZn+. The summed E-state index contributed by atoms with van der Waals surface area (Å²) in [6, 6.07) is 6.24. The third-order valence-corrected chi connectivity index (χ3v) is 2.56. The molecule has 0 radical (unpaired) electrons. The standard InChI is InChI=1S/C8H10O3S.Zn/c1-2-7-5-3-4-6-8(7)12(9,10)11;/h3-6H,2H2,1H3,(H,9,10,11);/q;+2/p-1. The van der Waals surface area contributed by atoms with E-state index in [4.69, 9.17) is 0 Å². The largest absolute Gasteiger partial charge is 2.00 e. The third-order valence-electron chi connectivity index (χ3n) is 1.62. The molecule has 0 spiro atoms. The van der Waals surface area contributed by atoms with Crippen LogP contribution in [-0.2, 0) is 36.0 Å². The van der Waals surface area contributed by atoms with Crippen LogP contribution in [0.2, 0.25) is 0 Å². The van der Waals surface area contributed by atoms with Gasteiger partial charge in [0, 0.05) is 0 Å². The molecule has 5 heteroatoms. The zero-order valence-corrected chi connectivity index (χ0v) is 11.1. The van der Waals surface area contributed by atoms with E-state index in [0.717, 1.165) is 0 Å². The molecule has 0 aliphatic carbocycles. The average molecular weight is 251 g/mol. The second kappa shape index (κ2) is 4.84. The summed E-state index contributed by atoms with van der Waals surface area (Å²) in [5.74, 6) is 0. The van der Waals surface area contributed by atoms with Crippen LogP contribution in [0.1, 0.15) is 12.5 Å². The Labute approximate surface area is 90.7 Å². The van der Waals surface area contributed by atoms with E-state index in [2.05, 4.69) is 0 Å². The van der Waals surface area contributed by atoms with Crippen molar-refractivity contribution in [1.29, 1.82) is 0 Å². The van der Waals surface area contributed by atoms with Gasteiger partial charge in [0.25, 0.3) is 0 Å². The molecule has 0 bridgehead atoms. The van der Waals surface area contributed by atoms with E-state index in [1.807, 2.05) is 6.92 Å². The van der Waals surface area contributed by atoms with E-state index in [9.17, 15) is 13.0 Å². The van der Waals surface area contributed by atoms with Crippen LogP contribution >= 0.6 is 0 Å². The fraction of sp³-hybridized carbons (Fsp3) is 0.250. The third kappa shape index (κ3) is 3.18. The molecule has 0 heterocycles. The summed E-state index contributed by atoms with van der Waals surface area (Å²) in [6.07, 6.45) is 0.553. The minimum atomic E-state index is -4.30. The first-order chi connectivity index (χ1) is 5.55. The maximum absolute atomic E-state index is 10.7. The fourth-order valence-corrected chi connectivity index (χ4v) is 1.82. The van der Waals surface area contributed by atoms with Crippen LogP contribution in [0.4, 0.5) is 0 Å². The minimum absolute atomic E-state index is 0. The van der Waals surface area contributed by atoms with E-state index in [-0.39, 0.29) is 24.4 Å². The van der Waals surface area contributed by atoms with Crippen LogP contribution in [0.3, 0.4) is 0 Å². The fourth-order valence-electron chi connectivity index (χ4n) is 1.04. The topological polar surface area (TPSA) is 57.2 Å². The van der Waals surface area contributed by atoms with Crippen molar-refractivity contribution in [3.8, 4) is 0 Å². The number of rotatable bonds is 2. The molecule has 0 unspecified atom stereocenters. The number of hydrogen-bond donors (Lipinski definition) is 0. The molecule has 1 aromatic carbocycles. The first kappa shape index (κ1) is 12.8. The molecule has 0 saturated heterocycles. The summed E-state index contributed by atoms with van der Waals surface area (Å²) in [4.78, 5) is -0.104. The monoisotopic (exact) mass is 249 g/mol. The van der Waals surface area contributed by atoms with Crippen LogP contribution in [0, 0.1) is 0 Å². The zero-order valence-electron chi connectivity index (χ0n) is 7.36. The van der Waals surface area contributed by atoms with Gasteiger partial charge in [0.2, 0.25) is 0 Å². The molecule has 0 N–H and O–H groups in total. The van der Waals surface area contributed by atoms with Crippen LogP contribution in [0.15, 0.2) is 29.2 Å². The van der Waals surface area contributed by atoms with Crippen molar-refractivity contribution in [2.75, 3.05) is 0 Å². The first-order valence-electron chi connectivity index (χ1n) is 3.59. The molecule has 13 heavy (non-hydrogen) atoms. The molecular weight excluding hydrogens is 242 g/mol. The Morgan fingerprint density at radius 3 is 2.23 bits per heavy atom. The Morgan fingerprint density at radius 1 is 1.31 bits per heavy atom. The van der Waals surface area contributed by atoms with Gasteiger partial charge in [-0.2, -0.15) is 0 Å². The maximum Gasteiger partial charge on any atom is 2.00 e. The molecule has 1 rings (SSSR count). The summed E-state index contributed by atoms with van der Waals surface area (Å²) in [6.45, 7) is 1.81. The summed E-state index contributed by atoms with van der Waals surface area (Å²) in [7, 11) is -4.30. The molecule has 0 fully saturated rings. The molecule has 0 atom stereocenters. The molecule has 0 saturated carbocycles. The molecule has 0 aliphatic heterocycles. The predicted octanol–water partition coefficient (Wildman–Crippen LogP) is 1.15. The molecule has 66 valence electrons. The van der Waals surface area contributed by atoms with Crippen LogP contribution < -0.4 is 0 Å². The van der Waals surface area contributed by atoms with Gasteiger partial charge >= 0.3 is 19.5 Å².